The monoisotopic (exact) mass is 708 g/mol. The van der Waals surface area contributed by atoms with Gasteiger partial charge in [-0.05, 0) is 123 Å². The van der Waals surface area contributed by atoms with E-state index in [1.165, 1.54) is 96.3 Å². The first-order valence-corrected chi connectivity index (χ1v) is 14.5. The second kappa shape index (κ2) is 16.1. The van der Waals surface area contributed by atoms with Gasteiger partial charge >= 0.3 is 0 Å². The molecule has 0 bridgehead atoms. The normalized spacial score (nSPS) is 11.3. The quantitative estimate of drug-likeness (QED) is 0.126. The summed E-state index contributed by atoms with van der Waals surface area (Å²) in [5, 5.41) is 0. The van der Waals surface area contributed by atoms with E-state index in [-0.39, 0.29) is 0 Å². The maximum Gasteiger partial charge on any atom is 0.0215 e. The first kappa shape index (κ1) is 26.4. The molecule has 1 rings (SSSR count). The molecule has 1 aromatic rings. The molecule has 0 atom stereocenters. The summed E-state index contributed by atoms with van der Waals surface area (Å²) in [5.74, 6) is 0. The van der Waals surface area contributed by atoms with E-state index in [0.29, 0.717) is 0 Å². The van der Waals surface area contributed by atoms with Gasteiger partial charge in [-0.1, -0.05) is 78.6 Å². The van der Waals surface area contributed by atoms with Crippen LogP contribution in [-0.4, -0.2) is 0 Å². The van der Waals surface area contributed by atoms with Crippen LogP contribution in [0.3, 0.4) is 0 Å². The summed E-state index contributed by atoms with van der Waals surface area (Å²) < 4.78 is 4.77. The van der Waals surface area contributed by atoms with Gasteiger partial charge in [-0.3, -0.25) is 0 Å². The fourth-order valence-corrected chi connectivity index (χ4v) is 8.46. The van der Waals surface area contributed by atoms with Gasteiger partial charge in [0, 0.05) is 10.7 Å². The molecule has 0 spiro atoms. The molecule has 27 heavy (non-hydrogen) atoms. The lowest BCUT2D eigenvalue weighted by Crippen LogP contribution is -2.09. The Kier molecular flexibility index (Phi) is 15.8. The van der Waals surface area contributed by atoms with E-state index in [1.54, 1.807) is 27.4 Å². The molecule has 1 aromatic carbocycles. The molecule has 0 saturated carbocycles. The van der Waals surface area contributed by atoms with Gasteiger partial charge < -0.3 is 0 Å². The zero-order valence-electron chi connectivity index (χ0n) is 17.7. The highest BCUT2D eigenvalue weighted by atomic mass is 127. The minimum Gasteiger partial charge on any atom is -0.0654 e. The maximum absolute atomic E-state index is 2.67. The number of halogens is 3. The van der Waals surface area contributed by atoms with Crippen LogP contribution in [0.25, 0.3) is 0 Å². The van der Waals surface area contributed by atoms with Gasteiger partial charge in [-0.15, -0.1) is 0 Å². The Bertz CT molecular complexity index is 440. The molecule has 0 saturated heterocycles. The van der Waals surface area contributed by atoms with Crippen LogP contribution < -0.4 is 0 Å². The molecule has 0 N–H and O–H groups in total. The molecule has 0 unspecified atom stereocenters. The summed E-state index contributed by atoms with van der Waals surface area (Å²) in [5.41, 5.74) is 5.01. The lowest BCUT2D eigenvalue weighted by molar-refractivity contribution is 0.650. The van der Waals surface area contributed by atoms with Crippen LogP contribution in [0, 0.1) is 10.7 Å². The van der Waals surface area contributed by atoms with Gasteiger partial charge in [0.2, 0.25) is 0 Å². The highest BCUT2D eigenvalue weighted by molar-refractivity contribution is 14.1. The molecule has 0 heterocycles. The summed E-state index contributed by atoms with van der Waals surface area (Å²) in [7, 11) is 0. The van der Waals surface area contributed by atoms with Crippen molar-refractivity contribution >= 4 is 67.8 Å². The number of benzene rings is 1. The molecule has 3 heteroatoms. The molecular formula is C24H39I3. The van der Waals surface area contributed by atoms with Crippen LogP contribution in [0.2, 0.25) is 0 Å². The summed E-state index contributed by atoms with van der Waals surface area (Å²) in [6, 6.07) is 0. The van der Waals surface area contributed by atoms with Crippen molar-refractivity contribution in [1.29, 1.82) is 0 Å². The highest BCUT2D eigenvalue weighted by Crippen LogP contribution is 2.35. The molecule has 0 amide bonds. The predicted octanol–water partition coefficient (Wildman–Crippen LogP) is 9.87. The lowest BCUT2D eigenvalue weighted by Gasteiger charge is -2.20. The van der Waals surface area contributed by atoms with Crippen molar-refractivity contribution in [2.75, 3.05) is 0 Å². The average Bonchev–Trinajstić information content (AvgIpc) is 2.66. The van der Waals surface area contributed by atoms with E-state index < -0.39 is 0 Å². The number of hydrogen-bond donors (Lipinski definition) is 0. The zero-order chi connectivity index (χ0) is 20.1. The average molecular weight is 708 g/mol. The third kappa shape index (κ3) is 9.39. The minimum atomic E-state index is 1.28. The van der Waals surface area contributed by atoms with Crippen LogP contribution in [0.4, 0.5) is 0 Å². The van der Waals surface area contributed by atoms with Crippen molar-refractivity contribution in [3.05, 3.63) is 27.4 Å². The van der Waals surface area contributed by atoms with E-state index in [2.05, 4.69) is 88.5 Å². The number of hydrogen-bond acceptors (Lipinski definition) is 0. The van der Waals surface area contributed by atoms with Crippen LogP contribution in [-0.2, 0) is 19.3 Å². The third-order valence-corrected chi connectivity index (χ3v) is 9.34. The Hall–Kier alpha value is 1.41. The van der Waals surface area contributed by atoms with E-state index in [4.69, 9.17) is 0 Å². The van der Waals surface area contributed by atoms with Crippen molar-refractivity contribution < 1.29 is 0 Å². The molecule has 0 aliphatic rings. The molecule has 0 fully saturated rings. The molecule has 0 nitrogen and oxygen atoms in total. The third-order valence-electron chi connectivity index (χ3n) is 5.43. The molecule has 0 radical (unpaired) electrons. The van der Waals surface area contributed by atoms with Gasteiger partial charge in [-0.25, -0.2) is 0 Å². The van der Waals surface area contributed by atoms with Gasteiger partial charge in [0.1, 0.15) is 0 Å². The van der Waals surface area contributed by atoms with E-state index in [1.807, 2.05) is 0 Å². The lowest BCUT2D eigenvalue weighted by atomic mass is 9.95. The van der Waals surface area contributed by atoms with Crippen molar-refractivity contribution in [3.63, 3.8) is 0 Å². The van der Waals surface area contributed by atoms with Crippen molar-refractivity contribution in [2.45, 2.75) is 117 Å². The summed E-state index contributed by atoms with van der Waals surface area (Å²) in [6.45, 7) is 6.92. The Labute approximate surface area is 210 Å². The number of rotatable bonds is 15. The maximum atomic E-state index is 2.67. The standard InChI is InChI=1S/C24H39I3/c1-4-7-10-13-16-19-22(25)20(17-14-11-8-5-2)24(27)21(23(19)26)18-15-12-9-6-3/h4-18H2,1-3H3. The van der Waals surface area contributed by atoms with E-state index >= 15 is 0 Å². The molecule has 0 aliphatic heterocycles. The van der Waals surface area contributed by atoms with E-state index in [9.17, 15) is 0 Å². The van der Waals surface area contributed by atoms with Gasteiger partial charge in [0.15, 0.2) is 0 Å². The van der Waals surface area contributed by atoms with Crippen molar-refractivity contribution in [1.82, 2.24) is 0 Å². The molecule has 0 aliphatic carbocycles. The summed E-state index contributed by atoms with van der Waals surface area (Å²) >= 11 is 8.02. The second-order valence-electron chi connectivity index (χ2n) is 7.81. The Balaban J connectivity index is 3.02. The van der Waals surface area contributed by atoms with Crippen LogP contribution in [0.5, 0.6) is 0 Å². The fraction of sp³-hybridized carbons (Fsp3) is 0.750. The fourth-order valence-electron chi connectivity index (χ4n) is 3.68. The van der Waals surface area contributed by atoms with Crippen LogP contribution >= 0.6 is 67.8 Å². The molecular weight excluding hydrogens is 669 g/mol. The van der Waals surface area contributed by atoms with E-state index in [0.717, 1.165) is 0 Å². The SMILES string of the molecule is CCCCCCc1c(I)c(CCCCCC)c(I)c(CCCCCC)c1I. The topological polar surface area (TPSA) is 0 Å². The Morgan fingerprint density at radius 3 is 0.889 bits per heavy atom. The number of unbranched alkanes of at least 4 members (excludes halogenated alkanes) is 9. The molecule has 156 valence electrons. The predicted molar refractivity (Wildman–Crippen MR) is 148 cm³/mol. The largest absolute Gasteiger partial charge is 0.0654 e. The van der Waals surface area contributed by atoms with Gasteiger partial charge in [0.25, 0.3) is 0 Å². The van der Waals surface area contributed by atoms with Gasteiger partial charge in [0.05, 0.1) is 0 Å². The summed E-state index contributed by atoms with van der Waals surface area (Å²) in [6.07, 6.45) is 20.1. The minimum absolute atomic E-state index is 1.28. The second-order valence-corrected chi connectivity index (χ2v) is 11.0. The smallest absolute Gasteiger partial charge is 0.0215 e. The molecule has 0 aromatic heterocycles. The first-order chi connectivity index (χ1) is 13.1. The Morgan fingerprint density at radius 2 is 0.667 bits per heavy atom. The van der Waals surface area contributed by atoms with Gasteiger partial charge in [-0.2, -0.15) is 0 Å². The van der Waals surface area contributed by atoms with Crippen molar-refractivity contribution in [2.24, 2.45) is 0 Å². The first-order valence-electron chi connectivity index (χ1n) is 11.2. The highest BCUT2D eigenvalue weighted by Gasteiger charge is 2.19. The van der Waals surface area contributed by atoms with Crippen molar-refractivity contribution in [3.8, 4) is 0 Å². The summed E-state index contributed by atoms with van der Waals surface area (Å²) in [4.78, 5) is 0. The van der Waals surface area contributed by atoms with Crippen LogP contribution in [0.1, 0.15) is 115 Å². The van der Waals surface area contributed by atoms with Crippen LogP contribution in [0.15, 0.2) is 0 Å². The zero-order valence-corrected chi connectivity index (χ0v) is 24.2. The Morgan fingerprint density at radius 1 is 0.407 bits per heavy atom.